The van der Waals surface area contributed by atoms with Crippen molar-refractivity contribution in [3.05, 3.63) is 75.8 Å². The van der Waals surface area contributed by atoms with Gasteiger partial charge in [-0.05, 0) is 60.7 Å². The van der Waals surface area contributed by atoms with Crippen molar-refractivity contribution in [3.63, 3.8) is 0 Å². The standard InChI is InChI=1S/C24H21Cl2N3O5S/c25-18-5-2-6-19(26)22(18)24(31)28-21-10-9-20-23(27-21)29(12-16(13-30)34-20)35(32,33)17-4-1-3-15(11-17)14-7-8-14/h1-6,9-11,14,16,30H,7-8,12-13H2,(H,27,28,31). The average molecular weight is 534 g/mol. The third kappa shape index (κ3) is 4.69. The van der Waals surface area contributed by atoms with E-state index >= 15 is 0 Å². The van der Waals surface area contributed by atoms with Crippen LogP contribution in [0.5, 0.6) is 5.75 Å². The van der Waals surface area contributed by atoms with E-state index in [2.05, 4.69) is 10.3 Å². The number of rotatable bonds is 6. The number of carbonyl (C=O) groups is 1. The Morgan fingerprint density at radius 1 is 1.11 bits per heavy atom. The van der Waals surface area contributed by atoms with Gasteiger partial charge in [-0.3, -0.25) is 4.79 Å². The van der Waals surface area contributed by atoms with Crippen molar-refractivity contribution < 1.29 is 23.1 Å². The minimum atomic E-state index is -4.03. The normalized spacial score (nSPS) is 17.5. The molecule has 1 atom stereocenters. The van der Waals surface area contributed by atoms with Crippen molar-refractivity contribution in [2.75, 3.05) is 22.8 Å². The molecule has 2 N–H and O–H groups in total. The first-order valence-corrected chi connectivity index (χ1v) is 13.1. The molecule has 182 valence electrons. The van der Waals surface area contributed by atoms with Gasteiger partial charge in [0.25, 0.3) is 15.9 Å². The van der Waals surface area contributed by atoms with E-state index in [1.165, 1.54) is 30.3 Å². The van der Waals surface area contributed by atoms with E-state index < -0.39 is 22.0 Å². The predicted octanol–water partition coefficient (Wildman–Crippen LogP) is 4.47. The molecule has 11 heteroatoms. The molecule has 1 aliphatic heterocycles. The van der Waals surface area contributed by atoms with Crippen molar-refractivity contribution >= 4 is 50.8 Å². The predicted molar refractivity (Wildman–Crippen MR) is 133 cm³/mol. The second kappa shape index (κ2) is 9.31. The molecule has 2 heterocycles. The third-order valence-corrected chi connectivity index (χ3v) is 8.25. The van der Waals surface area contributed by atoms with E-state index in [0.717, 1.165) is 22.7 Å². The number of fused-ring (bicyclic) bond motifs is 1. The van der Waals surface area contributed by atoms with Gasteiger partial charge in [0, 0.05) is 0 Å². The Labute approximate surface area is 212 Å². The van der Waals surface area contributed by atoms with Crippen LogP contribution in [-0.2, 0) is 10.0 Å². The number of nitrogens with zero attached hydrogens (tertiary/aromatic N) is 2. The van der Waals surface area contributed by atoms with Crippen molar-refractivity contribution in [2.45, 2.75) is 29.8 Å². The zero-order valence-corrected chi connectivity index (χ0v) is 20.6. The summed E-state index contributed by atoms with van der Waals surface area (Å²) in [6.07, 6.45) is 1.31. The summed E-state index contributed by atoms with van der Waals surface area (Å²) in [4.78, 5) is 17.3. The summed E-state index contributed by atoms with van der Waals surface area (Å²) in [5.41, 5.74) is 1.05. The van der Waals surface area contributed by atoms with Crippen molar-refractivity contribution in [2.24, 2.45) is 0 Å². The Kier molecular flexibility index (Phi) is 6.35. The first-order valence-electron chi connectivity index (χ1n) is 10.9. The quantitative estimate of drug-likeness (QED) is 0.483. The van der Waals surface area contributed by atoms with Crippen LogP contribution in [0.2, 0.25) is 10.0 Å². The number of carbonyl (C=O) groups excluding carboxylic acids is 1. The summed E-state index contributed by atoms with van der Waals surface area (Å²) < 4.78 is 34.2. The molecule has 1 unspecified atom stereocenters. The Balaban J connectivity index is 1.51. The molecule has 3 aromatic rings. The summed E-state index contributed by atoms with van der Waals surface area (Å²) in [5.74, 6) is 0.0525. The van der Waals surface area contributed by atoms with Crippen molar-refractivity contribution in [3.8, 4) is 5.75 Å². The molecular weight excluding hydrogens is 513 g/mol. The van der Waals surface area contributed by atoms with Gasteiger partial charge in [0.2, 0.25) is 0 Å². The number of ether oxygens (including phenoxy) is 1. The average Bonchev–Trinajstić information content (AvgIpc) is 3.69. The Morgan fingerprint density at radius 3 is 2.51 bits per heavy atom. The molecule has 0 spiro atoms. The number of nitrogens with one attached hydrogen (secondary N) is 1. The molecule has 0 radical (unpaired) electrons. The Morgan fingerprint density at radius 2 is 1.83 bits per heavy atom. The smallest absolute Gasteiger partial charge is 0.265 e. The Bertz CT molecular complexity index is 1390. The lowest BCUT2D eigenvalue weighted by Crippen LogP contribution is -2.45. The summed E-state index contributed by atoms with van der Waals surface area (Å²) >= 11 is 12.3. The number of aliphatic hydroxyl groups is 1. The molecule has 35 heavy (non-hydrogen) atoms. The highest BCUT2D eigenvalue weighted by molar-refractivity contribution is 7.92. The number of sulfonamides is 1. The largest absolute Gasteiger partial charge is 0.482 e. The molecule has 2 aliphatic rings. The van der Waals surface area contributed by atoms with Crippen molar-refractivity contribution in [1.29, 1.82) is 0 Å². The topological polar surface area (TPSA) is 109 Å². The lowest BCUT2D eigenvalue weighted by molar-refractivity contribution is 0.102. The molecule has 1 fully saturated rings. The van der Waals surface area contributed by atoms with Gasteiger partial charge in [0.15, 0.2) is 11.6 Å². The van der Waals surface area contributed by atoms with Gasteiger partial charge in [0.1, 0.15) is 11.9 Å². The van der Waals surface area contributed by atoms with Gasteiger partial charge < -0.3 is 15.2 Å². The highest BCUT2D eigenvalue weighted by atomic mass is 35.5. The molecule has 1 aromatic heterocycles. The lowest BCUT2D eigenvalue weighted by Gasteiger charge is -2.34. The molecule has 5 rings (SSSR count). The van der Waals surface area contributed by atoms with Crippen LogP contribution in [0, 0.1) is 0 Å². The summed E-state index contributed by atoms with van der Waals surface area (Å²) in [6, 6.07) is 14.5. The second-order valence-corrected chi connectivity index (χ2v) is 11.1. The molecule has 1 aliphatic carbocycles. The summed E-state index contributed by atoms with van der Waals surface area (Å²) in [6.45, 7) is -0.517. The number of aliphatic hydroxyl groups excluding tert-OH is 1. The summed E-state index contributed by atoms with van der Waals surface area (Å²) in [7, 11) is -4.03. The number of anilines is 2. The maximum atomic E-state index is 13.7. The van der Waals surface area contributed by atoms with E-state index in [9.17, 15) is 18.3 Å². The lowest BCUT2D eigenvalue weighted by atomic mass is 10.1. The Hall–Kier alpha value is -2.85. The minimum Gasteiger partial charge on any atom is -0.482 e. The molecule has 1 amide bonds. The monoisotopic (exact) mass is 533 g/mol. The molecule has 1 saturated carbocycles. The zero-order valence-electron chi connectivity index (χ0n) is 18.3. The van der Waals surface area contributed by atoms with Gasteiger partial charge in [0.05, 0.1) is 33.7 Å². The van der Waals surface area contributed by atoms with Gasteiger partial charge in [-0.1, -0.05) is 41.4 Å². The first kappa shape index (κ1) is 23.9. The highest BCUT2D eigenvalue weighted by Crippen LogP contribution is 2.42. The van der Waals surface area contributed by atoms with Crippen LogP contribution in [0.15, 0.2) is 59.5 Å². The number of halogens is 2. The van der Waals surface area contributed by atoms with Gasteiger partial charge in [-0.2, -0.15) is 0 Å². The van der Waals surface area contributed by atoms with Crippen LogP contribution in [0.1, 0.15) is 34.7 Å². The SMILES string of the molecule is O=C(Nc1ccc2c(n1)N(S(=O)(=O)c1cccc(C3CC3)c1)CC(CO)O2)c1c(Cl)cccc1Cl. The molecule has 8 nitrogen and oxygen atoms in total. The van der Waals surface area contributed by atoms with Crippen LogP contribution >= 0.6 is 23.2 Å². The fraction of sp³-hybridized carbons (Fsp3) is 0.250. The van der Waals surface area contributed by atoms with E-state index in [-0.39, 0.29) is 51.0 Å². The van der Waals surface area contributed by atoms with Gasteiger partial charge >= 0.3 is 0 Å². The first-order chi connectivity index (χ1) is 16.8. The van der Waals surface area contributed by atoms with E-state index in [1.807, 2.05) is 6.07 Å². The van der Waals surface area contributed by atoms with Crippen LogP contribution in [0.3, 0.4) is 0 Å². The van der Waals surface area contributed by atoms with Crippen LogP contribution in [-0.4, -0.2) is 43.7 Å². The van der Waals surface area contributed by atoms with Gasteiger partial charge in [-0.15, -0.1) is 0 Å². The maximum Gasteiger partial charge on any atom is 0.265 e. The summed E-state index contributed by atoms with van der Waals surface area (Å²) in [5, 5.41) is 12.6. The van der Waals surface area contributed by atoms with Gasteiger partial charge in [-0.25, -0.2) is 17.7 Å². The maximum absolute atomic E-state index is 13.7. The number of pyridine rings is 1. The van der Waals surface area contributed by atoms with Crippen LogP contribution < -0.4 is 14.4 Å². The zero-order chi connectivity index (χ0) is 24.7. The number of amides is 1. The minimum absolute atomic E-state index is 0.00887. The molecule has 0 saturated heterocycles. The second-order valence-electron chi connectivity index (χ2n) is 8.37. The molecule has 0 bridgehead atoms. The highest BCUT2D eigenvalue weighted by Gasteiger charge is 2.36. The van der Waals surface area contributed by atoms with E-state index in [0.29, 0.717) is 5.92 Å². The fourth-order valence-electron chi connectivity index (χ4n) is 3.94. The number of aromatic nitrogens is 1. The van der Waals surface area contributed by atoms with Crippen molar-refractivity contribution in [1.82, 2.24) is 4.98 Å². The molecular formula is C24H21Cl2N3O5S. The number of hydrogen-bond donors (Lipinski definition) is 2. The number of benzene rings is 2. The third-order valence-electron chi connectivity index (χ3n) is 5.87. The van der Waals surface area contributed by atoms with Crippen LogP contribution in [0.25, 0.3) is 0 Å². The molecule has 2 aromatic carbocycles. The van der Waals surface area contributed by atoms with Crippen LogP contribution in [0.4, 0.5) is 11.6 Å². The van der Waals surface area contributed by atoms with E-state index in [1.54, 1.807) is 18.2 Å². The van der Waals surface area contributed by atoms with E-state index in [4.69, 9.17) is 27.9 Å². The number of hydrogen-bond acceptors (Lipinski definition) is 6. The fourth-order valence-corrected chi connectivity index (χ4v) is 6.02.